The van der Waals surface area contributed by atoms with Crippen LogP contribution in [0.25, 0.3) is 0 Å². The highest BCUT2D eigenvalue weighted by Crippen LogP contribution is 2.29. The second-order valence-corrected chi connectivity index (χ2v) is 6.47. The SMILES string of the molecule is CCNC(COC(C)(C)C)c1sccc1Br. The summed E-state index contributed by atoms with van der Waals surface area (Å²) in [5, 5.41) is 5.55. The van der Waals surface area contributed by atoms with Crippen molar-refractivity contribution in [2.75, 3.05) is 13.2 Å². The number of likely N-dealkylation sites (N-methyl/N-ethyl adjacent to an activating group) is 1. The summed E-state index contributed by atoms with van der Waals surface area (Å²) in [6, 6.07) is 2.36. The minimum atomic E-state index is -0.0859. The molecular formula is C12H20BrNOS. The summed E-state index contributed by atoms with van der Waals surface area (Å²) >= 11 is 5.33. The second kappa shape index (κ2) is 6.15. The predicted octanol–water partition coefficient (Wildman–Crippen LogP) is 3.98. The third-order valence-corrected chi connectivity index (χ3v) is 4.08. The molecule has 0 amide bonds. The molecule has 0 aliphatic carbocycles. The zero-order chi connectivity index (χ0) is 12.2. The Kier molecular flexibility index (Phi) is 5.44. The van der Waals surface area contributed by atoms with Crippen molar-refractivity contribution in [3.8, 4) is 0 Å². The van der Waals surface area contributed by atoms with Gasteiger partial charge in [-0.05, 0) is 54.7 Å². The molecule has 0 fully saturated rings. The first-order valence-electron chi connectivity index (χ1n) is 5.54. The molecule has 0 aliphatic heterocycles. The number of nitrogens with one attached hydrogen (secondary N) is 1. The van der Waals surface area contributed by atoms with Crippen LogP contribution in [0.5, 0.6) is 0 Å². The van der Waals surface area contributed by atoms with Crippen LogP contribution in [0.1, 0.15) is 38.6 Å². The summed E-state index contributed by atoms with van der Waals surface area (Å²) in [4.78, 5) is 1.31. The van der Waals surface area contributed by atoms with Crippen LogP contribution in [0.3, 0.4) is 0 Å². The zero-order valence-electron chi connectivity index (χ0n) is 10.3. The van der Waals surface area contributed by atoms with Crippen molar-refractivity contribution >= 4 is 27.3 Å². The van der Waals surface area contributed by atoms with Crippen molar-refractivity contribution in [2.45, 2.75) is 39.3 Å². The summed E-state index contributed by atoms with van der Waals surface area (Å²) in [6.07, 6.45) is 0. The lowest BCUT2D eigenvalue weighted by atomic mass is 10.2. The Morgan fingerprint density at radius 3 is 2.62 bits per heavy atom. The molecular weight excluding hydrogens is 286 g/mol. The van der Waals surface area contributed by atoms with Gasteiger partial charge in [0.05, 0.1) is 18.2 Å². The van der Waals surface area contributed by atoms with Crippen LogP contribution in [-0.2, 0) is 4.74 Å². The van der Waals surface area contributed by atoms with E-state index in [1.54, 1.807) is 11.3 Å². The third kappa shape index (κ3) is 4.53. The van der Waals surface area contributed by atoms with Gasteiger partial charge in [0.15, 0.2) is 0 Å². The Bertz CT molecular complexity index is 319. The Morgan fingerprint density at radius 1 is 1.50 bits per heavy atom. The summed E-state index contributed by atoms with van der Waals surface area (Å²) in [5.41, 5.74) is -0.0859. The van der Waals surface area contributed by atoms with E-state index in [4.69, 9.17) is 4.74 Å². The van der Waals surface area contributed by atoms with Crippen molar-refractivity contribution in [2.24, 2.45) is 0 Å². The maximum atomic E-state index is 5.85. The fourth-order valence-corrected chi connectivity index (χ4v) is 3.07. The Hall–Kier alpha value is 0.100. The highest BCUT2D eigenvalue weighted by atomic mass is 79.9. The normalized spacial score (nSPS) is 14.1. The number of hydrogen-bond donors (Lipinski definition) is 1. The smallest absolute Gasteiger partial charge is 0.0677 e. The lowest BCUT2D eigenvalue weighted by molar-refractivity contribution is -0.0142. The zero-order valence-corrected chi connectivity index (χ0v) is 12.7. The van der Waals surface area contributed by atoms with Crippen molar-refractivity contribution in [1.82, 2.24) is 5.32 Å². The van der Waals surface area contributed by atoms with Gasteiger partial charge < -0.3 is 10.1 Å². The van der Waals surface area contributed by atoms with Crippen LogP contribution in [0.2, 0.25) is 0 Å². The lowest BCUT2D eigenvalue weighted by Gasteiger charge is -2.24. The van der Waals surface area contributed by atoms with Gasteiger partial charge >= 0.3 is 0 Å². The molecule has 1 unspecified atom stereocenters. The molecule has 0 radical (unpaired) electrons. The van der Waals surface area contributed by atoms with Gasteiger partial charge in [-0.2, -0.15) is 0 Å². The van der Waals surface area contributed by atoms with E-state index in [0.29, 0.717) is 6.61 Å². The predicted molar refractivity (Wildman–Crippen MR) is 74.1 cm³/mol. The molecule has 16 heavy (non-hydrogen) atoms. The van der Waals surface area contributed by atoms with Crippen LogP contribution in [0.4, 0.5) is 0 Å². The molecule has 0 saturated carbocycles. The van der Waals surface area contributed by atoms with Gasteiger partial charge in [-0.3, -0.25) is 0 Å². The minimum Gasteiger partial charge on any atom is -0.374 e. The molecule has 0 aliphatic rings. The fourth-order valence-electron chi connectivity index (χ4n) is 1.36. The van der Waals surface area contributed by atoms with Crippen molar-refractivity contribution in [3.05, 3.63) is 20.8 Å². The maximum Gasteiger partial charge on any atom is 0.0677 e. The standard InChI is InChI=1S/C12H20BrNOS/c1-5-14-10(8-15-12(2,3)4)11-9(13)6-7-16-11/h6-7,10,14H,5,8H2,1-4H3. The molecule has 2 nitrogen and oxygen atoms in total. The van der Waals surface area contributed by atoms with Gasteiger partial charge in [-0.1, -0.05) is 6.92 Å². The minimum absolute atomic E-state index is 0.0859. The van der Waals surface area contributed by atoms with E-state index in [2.05, 4.69) is 60.4 Å². The number of thiophene rings is 1. The van der Waals surface area contributed by atoms with E-state index in [-0.39, 0.29) is 11.6 Å². The molecule has 4 heteroatoms. The first-order chi connectivity index (χ1) is 7.44. The Morgan fingerprint density at radius 2 is 2.19 bits per heavy atom. The van der Waals surface area contributed by atoms with E-state index in [0.717, 1.165) is 6.54 Å². The maximum absolute atomic E-state index is 5.85. The Balaban J connectivity index is 2.65. The van der Waals surface area contributed by atoms with Gasteiger partial charge in [0.1, 0.15) is 0 Å². The highest BCUT2D eigenvalue weighted by molar-refractivity contribution is 9.10. The molecule has 1 atom stereocenters. The lowest BCUT2D eigenvalue weighted by Crippen LogP contribution is -2.29. The van der Waals surface area contributed by atoms with Crippen LogP contribution in [0, 0.1) is 0 Å². The molecule has 1 heterocycles. The molecule has 1 rings (SSSR count). The van der Waals surface area contributed by atoms with Crippen LogP contribution < -0.4 is 5.32 Å². The number of rotatable bonds is 5. The second-order valence-electron chi connectivity index (χ2n) is 4.67. The van der Waals surface area contributed by atoms with E-state index < -0.39 is 0 Å². The van der Waals surface area contributed by atoms with Crippen molar-refractivity contribution in [1.29, 1.82) is 0 Å². The fraction of sp³-hybridized carbons (Fsp3) is 0.667. The van der Waals surface area contributed by atoms with Gasteiger partial charge in [-0.15, -0.1) is 11.3 Å². The summed E-state index contributed by atoms with van der Waals surface area (Å²) < 4.78 is 7.01. The summed E-state index contributed by atoms with van der Waals surface area (Å²) in [7, 11) is 0. The molecule has 0 spiro atoms. The third-order valence-electron chi connectivity index (χ3n) is 2.09. The number of hydrogen-bond acceptors (Lipinski definition) is 3. The molecule has 0 bridgehead atoms. The monoisotopic (exact) mass is 305 g/mol. The van der Waals surface area contributed by atoms with Crippen molar-refractivity contribution in [3.63, 3.8) is 0 Å². The van der Waals surface area contributed by atoms with E-state index in [9.17, 15) is 0 Å². The van der Waals surface area contributed by atoms with E-state index in [1.165, 1.54) is 9.35 Å². The summed E-state index contributed by atoms with van der Waals surface area (Å²) in [5.74, 6) is 0. The molecule has 1 N–H and O–H groups in total. The first-order valence-corrected chi connectivity index (χ1v) is 7.21. The molecule has 0 saturated heterocycles. The van der Waals surface area contributed by atoms with Gasteiger partial charge in [0, 0.05) is 9.35 Å². The van der Waals surface area contributed by atoms with E-state index >= 15 is 0 Å². The van der Waals surface area contributed by atoms with Crippen molar-refractivity contribution < 1.29 is 4.74 Å². The first kappa shape index (κ1) is 14.2. The number of halogens is 1. The van der Waals surface area contributed by atoms with Gasteiger partial charge in [0.25, 0.3) is 0 Å². The molecule has 1 aromatic rings. The van der Waals surface area contributed by atoms with Crippen LogP contribution in [-0.4, -0.2) is 18.8 Å². The summed E-state index contributed by atoms with van der Waals surface area (Å²) in [6.45, 7) is 10.0. The largest absolute Gasteiger partial charge is 0.374 e. The molecule has 0 aromatic carbocycles. The molecule has 1 aromatic heterocycles. The van der Waals surface area contributed by atoms with Crippen LogP contribution >= 0.6 is 27.3 Å². The highest BCUT2D eigenvalue weighted by Gasteiger charge is 2.18. The molecule has 92 valence electrons. The average Bonchev–Trinajstić information content (AvgIpc) is 2.57. The topological polar surface area (TPSA) is 21.3 Å². The average molecular weight is 306 g/mol. The van der Waals surface area contributed by atoms with Gasteiger partial charge in [0.2, 0.25) is 0 Å². The van der Waals surface area contributed by atoms with Crippen LogP contribution in [0.15, 0.2) is 15.9 Å². The van der Waals surface area contributed by atoms with Gasteiger partial charge in [-0.25, -0.2) is 0 Å². The quantitative estimate of drug-likeness (QED) is 0.888. The number of ether oxygens (including phenoxy) is 1. The Labute approximate surface area is 111 Å². The van der Waals surface area contributed by atoms with E-state index in [1.807, 2.05) is 0 Å².